The van der Waals surface area contributed by atoms with Crippen molar-refractivity contribution in [2.24, 2.45) is 0 Å². The molecule has 0 aromatic carbocycles. The average molecular weight is 441 g/mol. The van der Waals surface area contributed by atoms with Crippen LogP contribution in [0.1, 0.15) is 29.6 Å². The Hall–Kier alpha value is -3.47. The van der Waals surface area contributed by atoms with Crippen molar-refractivity contribution in [1.82, 2.24) is 24.9 Å². The molecule has 0 bridgehead atoms. The van der Waals surface area contributed by atoms with Crippen molar-refractivity contribution in [2.75, 3.05) is 30.9 Å². The third-order valence-electron chi connectivity index (χ3n) is 5.48. The number of halogens is 1. The third-order valence-corrected chi connectivity index (χ3v) is 5.48. The first-order valence-corrected chi connectivity index (χ1v) is 10.6. The smallest absolute Gasteiger partial charge is 0.257 e. The van der Waals surface area contributed by atoms with Gasteiger partial charge in [0.15, 0.2) is 5.65 Å². The number of amides is 1. The van der Waals surface area contributed by atoms with Crippen molar-refractivity contribution in [3.05, 3.63) is 36.2 Å². The monoisotopic (exact) mass is 441 g/mol. The fourth-order valence-electron chi connectivity index (χ4n) is 3.59. The Labute approximate surface area is 183 Å². The van der Waals surface area contributed by atoms with Gasteiger partial charge in [-0.05, 0) is 12.1 Å². The molecule has 3 N–H and O–H groups in total. The van der Waals surface area contributed by atoms with E-state index in [1.807, 2.05) is 6.07 Å². The summed E-state index contributed by atoms with van der Waals surface area (Å²) < 4.78 is 26.2. The summed E-state index contributed by atoms with van der Waals surface area (Å²) in [6.07, 6.45) is 4.10. The lowest BCUT2D eigenvalue weighted by molar-refractivity contribution is 0.0240. The molecule has 1 saturated carbocycles. The molecule has 1 aliphatic heterocycles. The Balaban J connectivity index is 1.43. The predicted octanol–water partition coefficient (Wildman–Crippen LogP) is 2.31. The SMILES string of the molecule is CNc1cc(Nc2cccnc2OC2CCOCC2)nc2c(C(=O)N[C@H]3C[C@H]3F)cnn12. The first-order chi connectivity index (χ1) is 15.6. The quantitative estimate of drug-likeness (QED) is 0.512. The van der Waals surface area contributed by atoms with Gasteiger partial charge in [0.05, 0.1) is 25.5 Å². The number of rotatable bonds is 7. The Kier molecular flexibility index (Phi) is 5.48. The topological polar surface area (TPSA) is 115 Å². The number of hydrogen-bond donors (Lipinski definition) is 3. The molecular weight excluding hydrogens is 417 g/mol. The van der Waals surface area contributed by atoms with Gasteiger partial charge in [-0.2, -0.15) is 9.61 Å². The summed E-state index contributed by atoms with van der Waals surface area (Å²) >= 11 is 0. The number of aromatic nitrogens is 4. The maximum atomic E-state index is 13.2. The molecule has 3 aromatic heterocycles. The van der Waals surface area contributed by atoms with E-state index in [4.69, 9.17) is 9.47 Å². The van der Waals surface area contributed by atoms with Gasteiger partial charge in [-0.25, -0.2) is 14.4 Å². The minimum atomic E-state index is -0.987. The fourth-order valence-corrected chi connectivity index (χ4v) is 3.59. The van der Waals surface area contributed by atoms with E-state index in [0.717, 1.165) is 12.8 Å². The van der Waals surface area contributed by atoms with E-state index in [0.29, 0.717) is 48.5 Å². The van der Waals surface area contributed by atoms with Gasteiger partial charge in [0.2, 0.25) is 5.88 Å². The molecule has 0 radical (unpaired) electrons. The maximum Gasteiger partial charge on any atom is 0.257 e. The average Bonchev–Trinajstić information content (AvgIpc) is 3.32. The maximum absolute atomic E-state index is 13.2. The van der Waals surface area contributed by atoms with Crippen LogP contribution in [0.5, 0.6) is 5.88 Å². The second-order valence-electron chi connectivity index (χ2n) is 7.81. The lowest BCUT2D eigenvalue weighted by Gasteiger charge is -2.23. The molecule has 1 amide bonds. The van der Waals surface area contributed by atoms with Crippen LogP contribution < -0.4 is 20.7 Å². The molecule has 2 atom stereocenters. The van der Waals surface area contributed by atoms with Crippen molar-refractivity contribution in [3.8, 4) is 5.88 Å². The number of fused-ring (bicyclic) bond motifs is 1. The van der Waals surface area contributed by atoms with E-state index in [-0.39, 0.29) is 11.7 Å². The standard InChI is InChI=1S/C21H24FN7O3/c1-23-18-10-17(26-15-3-2-6-24-21(15)32-12-4-7-31-8-5-12)28-19-13(11-25-29(18)19)20(30)27-16-9-14(16)22/h2-3,6,10-12,14,16,23H,4-5,7-9H2,1H3,(H,26,28)(H,27,30)/t14-,16+/m1/s1. The highest BCUT2D eigenvalue weighted by Crippen LogP contribution is 2.29. The lowest BCUT2D eigenvalue weighted by Crippen LogP contribution is -2.27. The number of anilines is 3. The Bertz CT molecular complexity index is 1130. The molecule has 1 aliphatic carbocycles. The molecular formula is C21H24FN7O3. The number of carbonyl (C=O) groups excluding carboxylic acids is 1. The number of nitrogens with one attached hydrogen (secondary N) is 3. The molecule has 1 saturated heterocycles. The van der Waals surface area contributed by atoms with Crippen LogP contribution in [0.25, 0.3) is 5.65 Å². The van der Waals surface area contributed by atoms with Crippen molar-refractivity contribution in [2.45, 2.75) is 37.6 Å². The zero-order chi connectivity index (χ0) is 22.1. The molecule has 168 valence electrons. The highest BCUT2D eigenvalue weighted by Gasteiger charge is 2.39. The number of hydrogen-bond acceptors (Lipinski definition) is 8. The van der Waals surface area contributed by atoms with Crippen LogP contribution in [0, 0.1) is 0 Å². The second kappa shape index (κ2) is 8.58. The molecule has 11 heteroatoms. The van der Waals surface area contributed by atoms with Crippen LogP contribution in [-0.4, -0.2) is 64.1 Å². The number of nitrogens with zero attached hydrogens (tertiary/aromatic N) is 4. The lowest BCUT2D eigenvalue weighted by atomic mass is 10.1. The molecule has 4 heterocycles. The van der Waals surface area contributed by atoms with E-state index in [2.05, 4.69) is 31.0 Å². The minimum Gasteiger partial charge on any atom is -0.473 e. The normalized spacial score (nSPS) is 20.7. The molecule has 5 rings (SSSR count). The molecule has 32 heavy (non-hydrogen) atoms. The van der Waals surface area contributed by atoms with Crippen LogP contribution in [0.4, 0.5) is 21.7 Å². The van der Waals surface area contributed by atoms with Crippen LogP contribution >= 0.6 is 0 Å². The van der Waals surface area contributed by atoms with Gasteiger partial charge in [0, 0.05) is 38.6 Å². The Morgan fingerprint density at radius 1 is 1.34 bits per heavy atom. The van der Waals surface area contributed by atoms with E-state index in [1.54, 1.807) is 25.4 Å². The van der Waals surface area contributed by atoms with Gasteiger partial charge >= 0.3 is 0 Å². The highest BCUT2D eigenvalue weighted by molar-refractivity contribution is 6.00. The van der Waals surface area contributed by atoms with Crippen molar-refractivity contribution in [3.63, 3.8) is 0 Å². The van der Waals surface area contributed by atoms with Crippen LogP contribution in [0.15, 0.2) is 30.6 Å². The van der Waals surface area contributed by atoms with Gasteiger partial charge in [-0.1, -0.05) is 0 Å². The zero-order valence-corrected chi connectivity index (χ0v) is 17.5. The van der Waals surface area contributed by atoms with Crippen molar-refractivity contribution in [1.29, 1.82) is 0 Å². The van der Waals surface area contributed by atoms with E-state index < -0.39 is 18.1 Å². The summed E-state index contributed by atoms with van der Waals surface area (Å²) in [6.45, 7) is 1.33. The van der Waals surface area contributed by atoms with Gasteiger partial charge in [0.25, 0.3) is 5.91 Å². The molecule has 3 aromatic rings. The minimum absolute atomic E-state index is 0.0365. The largest absolute Gasteiger partial charge is 0.473 e. The van der Waals surface area contributed by atoms with Crippen LogP contribution in [-0.2, 0) is 4.74 Å². The zero-order valence-electron chi connectivity index (χ0n) is 17.5. The highest BCUT2D eigenvalue weighted by atomic mass is 19.1. The number of pyridine rings is 1. The summed E-state index contributed by atoms with van der Waals surface area (Å²) in [6, 6.07) is 4.98. The molecule has 0 spiro atoms. The Morgan fingerprint density at radius 3 is 2.91 bits per heavy atom. The van der Waals surface area contributed by atoms with E-state index >= 15 is 0 Å². The molecule has 10 nitrogen and oxygen atoms in total. The summed E-state index contributed by atoms with van der Waals surface area (Å²) in [7, 11) is 1.75. The second-order valence-corrected chi connectivity index (χ2v) is 7.81. The first-order valence-electron chi connectivity index (χ1n) is 10.6. The van der Waals surface area contributed by atoms with Gasteiger partial charge in [-0.15, -0.1) is 0 Å². The molecule has 0 unspecified atom stereocenters. The first kappa shape index (κ1) is 20.4. The van der Waals surface area contributed by atoms with Gasteiger partial charge in [-0.3, -0.25) is 4.79 Å². The Morgan fingerprint density at radius 2 is 2.16 bits per heavy atom. The fraction of sp³-hybridized carbons (Fsp3) is 0.429. The summed E-state index contributed by atoms with van der Waals surface area (Å²) in [5.41, 5.74) is 1.28. The van der Waals surface area contributed by atoms with Gasteiger partial charge in [0.1, 0.15) is 35.2 Å². The summed E-state index contributed by atoms with van der Waals surface area (Å²) in [5, 5.41) is 13.2. The van der Waals surface area contributed by atoms with Gasteiger partial charge < -0.3 is 25.4 Å². The number of carbonyl (C=O) groups is 1. The number of ether oxygens (including phenoxy) is 2. The van der Waals surface area contributed by atoms with E-state index in [1.165, 1.54) is 10.7 Å². The molecule has 2 fully saturated rings. The summed E-state index contributed by atoms with van der Waals surface area (Å²) in [4.78, 5) is 21.6. The van der Waals surface area contributed by atoms with E-state index in [9.17, 15) is 9.18 Å². The van der Waals surface area contributed by atoms with Crippen molar-refractivity contribution >= 4 is 28.9 Å². The number of alkyl halides is 1. The predicted molar refractivity (Wildman–Crippen MR) is 115 cm³/mol. The van der Waals surface area contributed by atoms with Crippen LogP contribution in [0.3, 0.4) is 0 Å². The van der Waals surface area contributed by atoms with Crippen molar-refractivity contribution < 1.29 is 18.7 Å². The third kappa shape index (κ3) is 4.15. The molecule has 2 aliphatic rings. The van der Waals surface area contributed by atoms with Crippen LogP contribution in [0.2, 0.25) is 0 Å². The summed E-state index contributed by atoms with van der Waals surface area (Å²) in [5.74, 6) is 1.18.